The van der Waals surface area contributed by atoms with Gasteiger partial charge >= 0.3 is 0 Å². The number of halogens is 1. The Balaban J connectivity index is 2.12. The zero-order chi connectivity index (χ0) is 13.0. The van der Waals surface area contributed by atoms with Crippen molar-refractivity contribution in [3.05, 3.63) is 39.9 Å². The first-order chi connectivity index (χ1) is 8.70. The molecule has 1 unspecified atom stereocenters. The lowest BCUT2D eigenvalue weighted by atomic mass is 10.2. The van der Waals surface area contributed by atoms with E-state index < -0.39 is 0 Å². The molecule has 0 spiro atoms. The maximum atomic E-state index is 5.79. The van der Waals surface area contributed by atoms with Crippen molar-refractivity contribution >= 4 is 22.6 Å². The lowest BCUT2D eigenvalue weighted by molar-refractivity contribution is 0.423. The van der Waals surface area contributed by atoms with E-state index >= 15 is 0 Å². The molecule has 1 heterocycles. The third-order valence-corrected chi connectivity index (χ3v) is 3.44. The molecular weight excluding hydrogens is 339 g/mol. The number of oxazole rings is 1. The van der Waals surface area contributed by atoms with Crippen LogP contribution >= 0.6 is 22.6 Å². The topological polar surface area (TPSA) is 38.1 Å². The zero-order valence-electron chi connectivity index (χ0n) is 10.6. The molecule has 0 saturated carbocycles. The van der Waals surface area contributed by atoms with Crippen LogP contribution in [0, 0.1) is 3.57 Å². The van der Waals surface area contributed by atoms with E-state index in [0.717, 1.165) is 30.2 Å². The van der Waals surface area contributed by atoms with Crippen LogP contribution in [0.5, 0.6) is 0 Å². The summed E-state index contributed by atoms with van der Waals surface area (Å²) in [5.74, 6) is 1.57. The van der Waals surface area contributed by atoms with E-state index in [1.54, 1.807) is 6.20 Å². The minimum atomic E-state index is 0.155. The van der Waals surface area contributed by atoms with Gasteiger partial charge in [0.05, 0.1) is 12.2 Å². The molecule has 4 heteroatoms. The highest BCUT2D eigenvalue weighted by atomic mass is 127. The molecule has 0 aliphatic rings. The van der Waals surface area contributed by atoms with Gasteiger partial charge in [-0.25, -0.2) is 4.98 Å². The van der Waals surface area contributed by atoms with Crippen molar-refractivity contribution in [1.29, 1.82) is 0 Å². The fourth-order valence-electron chi connectivity index (χ4n) is 1.68. The van der Waals surface area contributed by atoms with Crippen LogP contribution < -0.4 is 5.32 Å². The monoisotopic (exact) mass is 356 g/mol. The average Bonchev–Trinajstić information content (AvgIpc) is 2.86. The quantitative estimate of drug-likeness (QED) is 0.823. The van der Waals surface area contributed by atoms with Gasteiger partial charge in [0.15, 0.2) is 5.76 Å². The molecule has 2 rings (SSSR count). The molecule has 0 saturated heterocycles. The van der Waals surface area contributed by atoms with Crippen LogP contribution in [0.1, 0.15) is 32.2 Å². The van der Waals surface area contributed by atoms with E-state index in [-0.39, 0.29) is 6.04 Å². The van der Waals surface area contributed by atoms with Crippen molar-refractivity contribution in [1.82, 2.24) is 10.3 Å². The van der Waals surface area contributed by atoms with Crippen molar-refractivity contribution in [2.24, 2.45) is 0 Å². The first-order valence-electron chi connectivity index (χ1n) is 6.15. The molecule has 0 bridgehead atoms. The van der Waals surface area contributed by atoms with Crippen molar-refractivity contribution in [3.63, 3.8) is 0 Å². The van der Waals surface area contributed by atoms with E-state index in [1.165, 1.54) is 3.57 Å². The SMILES string of the molecule is CCCNC(C)c1ncc(-c2ccc(I)cc2)o1. The number of nitrogens with one attached hydrogen (secondary N) is 1. The molecule has 18 heavy (non-hydrogen) atoms. The molecular formula is C14H17IN2O. The summed E-state index contributed by atoms with van der Waals surface area (Å²) in [6, 6.07) is 8.39. The molecule has 1 N–H and O–H groups in total. The average molecular weight is 356 g/mol. The predicted molar refractivity (Wildman–Crippen MR) is 81.4 cm³/mol. The van der Waals surface area contributed by atoms with Gasteiger partial charge in [-0.2, -0.15) is 0 Å². The Morgan fingerprint density at radius 1 is 1.33 bits per heavy atom. The van der Waals surface area contributed by atoms with E-state index in [4.69, 9.17) is 4.42 Å². The van der Waals surface area contributed by atoms with Gasteiger partial charge < -0.3 is 9.73 Å². The van der Waals surface area contributed by atoms with Gasteiger partial charge in [-0.05, 0) is 54.6 Å². The van der Waals surface area contributed by atoms with E-state index in [0.29, 0.717) is 0 Å². The van der Waals surface area contributed by atoms with Crippen molar-refractivity contribution in [2.75, 3.05) is 6.54 Å². The molecule has 0 aliphatic heterocycles. The Labute approximate surface area is 121 Å². The Hall–Kier alpha value is -0.880. The number of benzene rings is 1. The summed E-state index contributed by atoms with van der Waals surface area (Å²) in [5.41, 5.74) is 1.07. The number of hydrogen-bond donors (Lipinski definition) is 1. The lowest BCUT2D eigenvalue weighted by Gasteiger charge is -2.08. The standard InChI is InChI=1S/C14H17IN2O/c1-3-8-16-10(2)14-17-9-13(18-14)11-4-6-12(15)7-5-11/h4-7,9-10,16H,3,8H2,1-2H3. The number of hydrogen-bond acceptors (Lipinski definition) is 3. The fraction of sp³-hybridized carbons (Fsp3) is 0.357. The summed E-state index contributed by atoms with van der Waals surface area (Å²) >= 11 is 2.29. The highest BCUT2D eigenvalue weighted by Crippen LogP contribution is 2.23. The minimum absolute atomic E-state index is 0.155. The van der Waals surface area contributed by atoms with Crippen LogP contribution in [0.3, 0.4) is 0 Å². The van der Waals surface area contributed by atoms with E-state index in [9.17, 15) is 0 Å². The molecule has 0 aliphatic carbocycles. The second-order valence-electron chi connectivity index (χ2n) is 4.25. The molecule has 1 atom stereocenters. The summed E-state index contributed by atoms with van der Waals surface area (Å²) < 4.78 is 7.01. The Morgan fingerprint density at radius 2 is 2.06 bits per heavy atom. The van der Waals surface area contributed by atoms with Crippen LogP contribution in [0.2, 0.25) is 0 Å². The molecule has 1 aromatic carbocycles. The number of rotatable bonds is 5. The molecule has 2 aromatic rings. The summed E-state index contributed by atoms with van der Waals surface area (Å²) in [6.45, 7) is 5.19. The second-order valence-corrected chi connectivity index (χ2v) is 5.49. The Bertz CT molecular complexity index is 493. The molecule has 0 fully saturated rings. The minimum Gasteiger partial charge on any atom is -0.439 e. The van der Waals surface area contributed by atoms with Gasteiger partial charge in [-0.1, -0.05) is 19.1 Å². The van der Waals surface area contributed by atoms with Gasteiger partial charge in [0.1, 0.15) is 0 Å². The predicted octanol–water partition coefficient (Wildman–Crippen LogP) is 4.01. The maximum absolute atomic E-state index is 5.79. The smallest absolute Gasteiger partial charge is 0.211 e. The lowest BCUT2D eigenvalue weighted by Crippen LogP contribution is -2.19. The number of nitrogens with zero attached hydrogens (tertiary/aromatic N) is 1. The fourth-order valence-corrected chi connectivity index (χ4v) is 2.04. The van der Waals surface area contributed by atoms with Gasteiger partial charge in [-0.15, -0.1) is 0 Å². The molecule has 0 amide bonds. The number of aromatic nitrogens is 1. The van der Waals surface area contributed by atoms with Crippen molar-refractivity contribution in [2.45, 2.75) is 26.3 Å². The second kappa shape index (κ2) is 6.33. The summed E-state index contributed by atoms with van der Waals surface area (Å²) in [6.07, 6.45) is 2.90. The van der Waals surface area contributed by atoms with Crippen LogP contribution in [0.25, 0.3) is 11.3 Å². The van der Waals surface area contributed by atoms with Crippen LogP contribution in [-0.4, -0.2) is 11.5 Å². The normalized spacial score (nSPS) is 12.6. The first kappa shape index (κ1) is 13.5. The maximum Gasteiger partial charge on any atom is 0.211 e. The largest absolute Gasteiger partial charge is 0.439 e. The molecule has 96 valence electrons. The Morgan fingerprint density at radius 3 is 2.72 bits per heavy atom. The third-order valence-electron chi connectivity index (χ3n) is 2.72. The van der Waals surface area contributed by atoms with Gasteiger partial charge in [0.25, 0.3) is 0 Å². The molecule has 3 nitrogen and oxygen atoms in total. The molecule has 1 aromatic heterocycles. The summed E-state index contributed by atoms with van der Waals surface area (Å²) in [7, 11) is 0. The van der Waals surface area contributed by atoms with Crippen molar-refractivity contribution < 1.29 is 4.42 Å². The van der Waals surface area contributed by atoms with Gasteiger partial charge in [-0.3, -0.25) is 0 Å². The van der Waals surface area contributed by atoms with Gasteiger partial charge in [0.2, 0.25) is 5.89 Å². The van der Waals surface area contributed by atoms with Crippen LogP contribution in [0.4, 0.5) is 0 Å². The van der Waals surface area contributed by atoms with Crippen LogP contribution in [-0.2, 0) is 0 Å². The third kappa shape index (κ3) is 3.32. The van der Waals surface area contributed by atoms with E-state index in [1.807, 2.05) is 0 Å². The Kier molecular flexibility index (Phi) is 4.77. The van der Waals surface area contributed by atoms with E-state index in [2.05, 4.69) is 71.0 Å². The van der Waals surface area contributed by atoms with Gasteiger partial charge in [0, 0.05) is 9.13 Å². The zero-order valence-corrected chi connectivity index (χ0v) is 12.8. The first-order valence-corrected chi connectivity index (χ1v) is 7.23. The summed E-state index contributed by atoms with van der Waals surface area (Å²) in [4.78, 5) is 4.34. The van der Waals surface area contributed by atoms with Crippen LogP contribution in [0.15, 0.2) is 34.9 Å². The molecule has 0 radical (unpaired) electrons. The summed E-state index contributed by atoms with van der Waals surface area (Å²) in [5, 5.41) is 3.37. The van der Waals surface area contributed by atoms with Crippen molar-refractivity contribution in [3.8, 4) is 11.3 Å². The highest BCUT2D eigenvalue weighted by Gasteiger charge is 2.12. The highest BCUT2D eigenvalue weighted by molar-refractivity contribution is 14.1.